The summed E-state index contributed by atoms with van der Waals surface area (Å²) in [4.78, 5) is 1.11. The third-order valence-corrected chi connectivity index (χ3v) is 3.94. The van der Waals surface area contributed by atoms with E-state index in [9.17, 15) is 8.78 Å². The number of hydrogen-bond acceptors (Lipinski definition) is 2. The van der Waals surface area contributed by atoms with Gasteiger partial charge in [0.25, 0.3) is 0 Å². The first-order valence-electron chi connectivity index (χ1n) is 5.46. The molecule has 0 bridgehead atoms. The van der Waals surface area contributed by atoms with Gasteiger partial charge in [-0.15, -0.1) is 11.3 Å². The summed E-state index contributed by atoms with van der Waals surface area (Å²) in [6, 6.07) is 5.82. The van der Waals surface area contributed by atoms with Gasteiger partial charge in [-0.25, -0.2) is 8.78 Å². The highest BCUT2D eigenvalue weighted by Crippen LogP contribution is 2.27. The molecule has 1 heterocycles. The molecule has 0 spiro atoms. The summed E-state index contributed by atoms with van der Waals surface area (Å²) in [6.07, 6.45) is 0.617. The molecule has 1 aromatic carbocycles. The molecule has 0 fully saturated rings. The van der Waals surface area contributed by atoms with Gasteiger partial charge >= 0.3 is 0 Å². The minimum atomic E-state index is -0.598. The summed E-state index contributed by atoms with van der Waals surface area (Å²) >= 11 is 7.14. The maximum absolute atomic E-state index is 13.8. The Morgan fingerprint density at radius 2 is 2.11 bits per heavy atom. The smallest absolute Gasteiger partial charge is 0.142 e. The van der Waals surface area contributed by atoms with Crippen LogP contribution in [0.1, 0.15) is 16.5 Å². The summed E-state index contributed by atoms with van der Waals surface area (Å²) < 4.78 is 27.2. The molecule has 96 valence electrons. The molecule has 1 atom stereocenters. The average molecular weight is 288 g/mol. The van der Waals surface area contributed by atoms with E-state index in [2.05, 4.69) is 5.32 Å². The van der Waals surface area contributed by atoms with Crippen molar-refractivity contribution in [1.29, 1.82) is 0 Å². The molecule has 0 radical (unpaired) electrons. The van der Waals surface area contributed by atoms with Crippen LogP contribution in [0.15, 0.2) is 29.6 Å². The molecule has 5 heteroatoms. The molecular weight excluding hydrogens is 276 g/mol. The van der Waals surface area contributed by atoms with Crippen LogP contribution < -0.4 is 5.32 Å². The van der Waals surface area contributed by atoms with Gasteiger partial charge in [0, 0.05) is 22.9 Å². The van der Waals surface area contributed by atoms with Crippen molar-refractivity contribution in [3.05, 3.63) is 56.7 Å². The maximum atomic E-state index is 13.8. The first kappa shape index (κ1) is 13.5. The van der Waals surface area contributed by atoms with E-state index >= 15 is 0 Å². The fourth-order valence-corrected chi connectivity index (χ4v) is 2.70. The van der Waals surface area contributed by atoms with Crippen LogP contribution in [0.4, 0.5) is 8.78 Å². The molecule has 0 aliphatic rings. The molecule has 2 rings (SSSR count). The topological polar surface area (TPSA) is 12.0 Å². The van der Waals surface area contributed by atoms with Crippen molar-refractivity contribution in [2.75, 3.05) is 7.05 Å². The number of rotatable bonds is 4. The molecule has 1 unspecified atom stereocenters. The largest absolute Gasteiger partial charge is 0.313 e. The zero-order valence-electron chi connectivity index (χ0n) is 9.71. The van der Waals surface area contributed by atoms with E-state index in [1.165, 1.54) is 0 Å². The molecule has 0 amide bonds. The van der Waals surface area contributed by atoms with E-state index < -0.39 is 11.6 Å². The lowest BCUT2D eigenvalue weighted by Gasteiger charge is -2.17. The van der Waals surface area contributed by atoms with Crippen LogP contribution in [-0.4, -0.2) is 7.05 Å². The van der Waals surface area contributed by atoms with Gasteiger partial charge in [-0.05, 0) is 30.6 Å². The number of likely N-dealkylation sites (N-methyl/N-ethyl adjacent to an activating group) is 1. The van der Waals surface area contributed by atoms with Crippen LogP contribution in [0.25, 0.3) is 0 Å². The Hall–Kier alpha value is -0.970. The van der Waals surface area contributed by atoms with Crippen molar-refractivity contribution in [2.24, 2.45) is 0 Å². The first-order chi connectivity index (χ1) is 8.61. The summed E-state index contributed by atoms with van der Waals surface area (Å²) in [7, 11) is 1.73. The lowest BCUT2D eigenvalue weighted by molar-refractivity contribution is 0.525. The Kier molecular flexibility index (Phi) is 4.32. The van der Waals surface area contributed by atoms with Crippen LogP contribution in [0.5, 0.6) is 0 Å². The Labute approximate surface area is 113 Å². The molecule has 1 nitrogen and oxygen atoms in total. The molecule has 2 aromatic rings. The second kappa shape index (κ2) is 5.78. The van der Waals surface area contributed by atoms with Crippen molar-refractivity contribution in [1.82, 2.24) is 5.32 Å². The zero-order chi connectivity index (χ0) is 13.1. The van der Waals surface area contributed by atoms with E-state index in [0.717, 1.165) is 17.0 Å². The number of nitrogens with one attached hydrogen (secondary N) is 1. The average Bonchev–Trinajstić information content (AvgIpc) is 2.84. The van der Waals surface area contributed by atoms with Crippen molar-refractivity contribution >= 4 is 22.9 Å². The second-order valence-corrected chi connectivity index (χ2v) is 5.35. The van der Waals surface area contributed by atoms with Gasteiger partial charge in [0.05, 0.1) is 5.02 Å². The van der Waals surface area contributed by atoms with Crippen LogP contribution in [0.3, 0.4) is 0 Å². The molecule has 0 aliphatic heterocycles. The molecule has 18 heavy (non-hydrogen) atoms. The summed E-state index contributed by atoms with van der Waals surface area (Å²) in [5, 5.41) is 4.77. The summed E-state index contributed by atoms with van der Waals surface area (Å²) in [5.41, 5.74) is 0.299. The number of halogens is 3. The van der Waals surface area contributed by atoms with Crippen LogP contribution in [0, 0.1) is 11.6 Å². The maximum Gasteiger partial charge on any atom is 0.142 e. The van der Waals surface area contributed by atoms with E-state index in [-0.39, 0.29) is 11.1 Å². The second-order valence-electron chi connectivity index (χ2n) is 3.91. The zero-order valence-corrected chi connectivity index (χ0v) is 11.3. The molecule has 0 saturated heterocycles. The molecule has 0 saturated carbocycles. The predicted octanol–water partition coefficient (Wildman–Crippen LogP) is 4.18. The Balaban J connectivity index is 2.30. The van der Waals surface area contributed by atoms with Crippen molar-refractivity contribution in [2.45, 2.75) is 12.5 Å². The first-order valence-corrected chi connectivity index (χ1v) is 6.71. The number of benzene rings is 1. The Morgan fingerprint density at radius 1 is 1.33 bits per heavy atom. The van der Waals surface area contributed by atoms with E-state index in [0.29, 0.717) is 12.0 Å². The SMILES string of the molecule is CNC(Cc1cccs1)c1cc(F)c(Cl)cc1F. The van der Waals surface area contributed by atoms with Gasteiger partial charge in [0.15, 0.2) is 0 Å². The van der Waals surface area contributed by atoms with Gasteiger partial charge in [-0.3, -0.25) is 0 Å². The van der Waals surface area contributed by atoms with E-state index in [1.54, 1.807) is 18.4 Å². The minimum absolute atomic E-state index is 0.192. The third kappa shape index (κ3) is 2.88. The highest BCUT2D eigenvalue weighted by Gasteiger charge is 2.17. The molecule has 1 N–H and O–H groups in total. The third-order valence-electron chi connectivity index (χ3n) is 2.75. The van der Waals surface area contributed by atoms with Gasteiger partial charge in [0.2, 0.25) is 0 Å². The lowest BCUT2D eigenvalue weighted by atomic mass is 10.0. The van der Waals surface area contributed by atoms with Crippen molar-refractivity contribution < 1.29 is 8.78 Å². The van der Waals surface area contributed by atoms with Gasteiger partial charge in [-0.2, -0.15) is 0 Å². The van der Waals surface area contributed by atoms with Gasteiger partial charge in [-0.1, -0.05) is 17.7 Å². The Morgan fingerprint density at radius 3 is 2.72 bits per heavy atom. The quantitative estimate of drug-likeness (QED) is 0.832. The Bertz CT molecular complexity index is 528. The molecule has 0 aliphatic carbocycles. The summed E-state index contributed by atoms with van der Waals surface area (Å²) in [5.74, 6) is -1.09. The van der Waals surface area contributed by atoms with E-state index in [1.807, 2.05) is 17.5 Å². The summed E-state index contributed by atoms with van der Waals surface area (Å²) in [6.45, 7) is 0. The fraction of sp³-hybridized carbons (Fsp3) is 0.231. The fourth-order valence-electron chi connectivity index (χ4n) is 1.80. The highest BCUT2D eigenvalue weighted by molar-refractivity contribution is 7.09. The van der Waals surface area contributed by atoms with Crippen LogP contribution >= 0.6 is 22.9 Å². The molecular formula is C13H12ClF2NS. The van der Waals surface area contributed by atoms with Crippen molar-refractivity contribution in [3.8, 4) is 0 Å². The van der Waals surface area contributed by atoms with Crippen LogP contribution in [-0.2, 0) is 6.42 Å². The van der Waals surface area contributed by atoms with Gasteiger partial charge in [0.1, 0.15) is 11.6 Å². The van der Waals surface area contributed by atoms with Crippen molar-refractivity contribution in [3.63, 3.8) is 0 Å². The minimum Gasteiger partial charge on any atom is -0.313 e. The monoisotopic (exact) mass is 287 g/mol. The van der Waals surface area contributed by atoms with Crippen LogP contribution in [0.2, 0.25) is 5.02 Å². The lowest BCUT2D eigenvalue weighted by Crippen LogP contribution is -2.20. The normalized spacial score (nSPS) is 12.7. The number of hydrogen-bond donors (Lipinski definition) is 1. The van der Waals surface area contributed by atoms with Gasteiger partial charge < -0.3 is 5.32 Å². The molecule has 1 aromatic heterocycles. The van der Waals surface area contributed by atoms with E-state index in [4.69, 9.17) is 11.6 Å². The highest BCUT2D eigenvalue weighted by atomic mass is 35.5. The standard InChI is InChI=1S/C13H12ClF2NS/c1-17-13(5-8-3-2-4-18-8)9-6-12(16)10(14)7-11(9)15/h2-4,6-7,13,17H,5H2,1H3. The number of thiophene rings is 1. The predicted molar refractivity (Wildman–Crippen MR) is 71.2 cm³/mol.